The summed E-state index contributed by atoms with van der Waals surface area (Å²) in [5.41, 5.74) is 4.16. The van der Waals surface area contributed by atoms with E-state index in [0.717, 1.165) is 22.4 Å². The number of rotatable bonds is 4. The van der Waals surface area contributed by atoms with Crippen molar-refractivity contribution in [3.63, 3.8) is 0 Å². The number of aryl methyl sites for hydroxylation is 2. The fourth-order valence-corrected chi connectivity index (χ4v) is 3.93. The van der Waals surface area contributed by atoms with Crippen molar-refractivity contribution in [1.29, 1.82) is 0 Å². The van der Waals surface area contributed by atoms with Gasteiger partial charge in [0, 0.05) is 11.6 Å². The highest BCUT2D eigenvalue weighted by molar-refractivity contribution is 8.18. The number of benzene rings is 2. The third-order valence-electron chi connectivity index (χ3n) is 4.73. The van der Waals surface area contributed by atoms with Crippen molar-refractivity contribution in [2.24, 2.45) is 4.99 Å². The monoisotopic (exact) mass is 432 g/mol. The molecule has 31 heavy (non-hydrogen) atoms. The van der Waals surface area contributed by atoms with E-state index in [2.05, 4.69) is 10.3 Å². The van der Waals surface area contributed by atoms with Crippen molar-refractivity contribution >= 4 is 40.6 Å². The van der Waals surface area contributed by atoms with Crippen LogP contribution in [0.5, 0.6) is 0 Å². The highest BCUT2D eigenvalue weighted by Crippen LogP contribution is 2.31. The molecule has 0 spiro atoms. The Bertz CT molecular complexity index is 1220. The van der Waals surface area contributed by atoms with Gasteiger partial charge < -0.3 is 14.5 Å². The molecule has 0 bridgehead atoms. The zero-order valence-electron chi connectivity index (χ0n) is 17.3. The molecule has 3 aromatic rings. The lowest BCUT2D eigenvalue weighted by Crippen LogP contribution is -2.19. The summed E-state index contributed by atoms with van der Waals surface area (Å²) in [4.78, 5) is 29.0. The van der Waals surface area contributed by atoms with Crippen LogP contribution >= 0.6 is 11.8 Å². The van der Waals surface area contributed by atoms with Crippen LogP contribution in [-0.2, 0) is 9.53 Å². The van der Waals surface area contributed by atoms with Gasteiger partial charge in [-0.2, -0.15) is 0 Å². The number of furan rings is 1. The maximum atomic E-state index is 12.3. The Kier molecular flexibility index (Phi) is 5.77. The number of carbonyl (C=O) groups is 2. The minimum absolute atomic E-state index is 0.215. The first kappa shape index (κ1) is 20.7. The molecular weight excluding hydrogens is 412 g/mol. The Morgan fingerprint density at radius 2 is 1.87 bits per heavy atom. The van der Waals surface area contributed by atoms with Gasteiger partial charge in [-0.1, -0.05) is 23.8 Å². The molecule has 0 saturated carbocycles. The van der Waals surface area contributed by atoms with E-state index in [1.807, 2.05) is 50.2 Å². The van der Waals surface area contributed by atoms with Crippen molar-refractivity contribution in [3.8, 4) is 11.3 Å². The molecular formula is C24H20N2O4S. The predicted molar refractivity (Wildman–Crippen MR) is 122 cm³/mol. The lowest BCUT2D eigenvalue weighted by atomic mass is 10.0. The highest BCUT2D eigenvalue weighted by atomic mass is 32.2. The average Bonchev–Trinajstić information content (AvgIpc) is 3.35. The molecule has 0 radical (unpaired) electrons. The number of amidine groups is 1. The quantitative estimate of drug-likeness (QED) is 0.450. The van der Waals surface area contributed by atoms with E-state index < -0.39 is 0 Å². The van der Waals surface area contributed by atoms with Crippen LogP contribution in [0, 0.1) is 13.8 Å². The van der Waals surface area contributed by atoms with Crippen LogP contribution in [0.3, 0.4) is 0 Å². The lowest BCUT2D eigenvalue weighted by molar-refractivity contribution is -0.115. The van der Waals surface area contributed by atoms with Crippen molar-refractivity contribution < 1.29 is 18.7 Å². The molecule has 2 aromatic carbocycles. The van der Waals surface area contributed by atoms with Crippen LogP contribution < -0.4 is 5.32 Å². The smallest absolute Gasteiger partial charge is 0.337 e. The summed E-state index contributed by atoms with van der Waals surface area (Å²) >= 11 is 1.27. The normalized spacial score (nSPS) is 16.0. The van der Waals surface area contributed by atoms with Gasteiger partial charge >= 0.3 is 5.97 Å². The minimum Gasteiger partial charge on any atom is -0.465 e. The lowest BCUT2D eigenvalue weighted by Gasteiger charge is -2.05. The first-order chi connectivity index (χ1) is 14.9. The van der Waals surface area contributed by atoms with Crippen LogP contribution in [-0.4, -0.2) is 24.2 Å². The summed E-state index contributed by atoms with van der Waals surface area (Å²) in [6, 6.07) is 16.7. The molecule has 2 heterocycles. The number of thioether (sulfide) groups is 1. The van der Waals surface area contributed by atoms with Crippen molar-refractivity contribution in [2.75, 3.05) is 7.11 Å². The molecule has 1 fully saturated rings. The highest BCUT2D eigenvalue weighted by Gasteiger charge is 2.24. The van der Waals surface area contributed by atoms with Gasteiger partial charge in [-0.05, 0) is 67.6 Å². The topological polar surface area (TPSA) is 80.9 Å². The SMILES string of the molecule is COC(=O)c1ccc(-c2ccc(/C=C3/SC(=Nc4ccc(C)cc4)NC3=O)o2)c(C)c1. The van der Waals surface area contributed by atoms with E-state index in [-0.39, 0.29) is 11.9 Å². The average molecular weight is 433 g/mol. The molecule has 4 rings (SSSR count). The molecule has 0 atom stereocenters. The number of ether oxygens (including phenoxy) is 1. The third-order valence-corrected chi connectivity index (χ3v) is 5.64. The molecule has 7 heteroatoms. The summed E-state index contributed by atoms with van der Waals surface area (Å²) in [5.74, 6) is 0.609. The number of amides is 1. The third kappa shape index (κ3) is 4.62. The molecule has 0 aliphatic carbocycles. The first-order valence-corrected chi connectivity index (χ1v) is 10.4. The van der Waals surface area contributed by atoms with Gasteiger partial charge in [0.2, 0.25) is 0 Å². The number of hydrogen-bond donors (Lipinski definition) is 1. The number of methoxy groups -OCH3 is 1. The fourth-order valence-electron chi connectivity index (χ4n) is 3.11. The summed E-state index contributed by atoms with van der Waals surface area (Å²) in [6.45, 7) is 3.91. The van der Waals surface area contributed by atoms with Crippen molar-refractivity contribution in [1.82, 2.24) is 5.32 Å². The Morgan fingerprint density at radius 3 is 2.58 bits per heavy atom. The molecule has 156 valence electrons. The largest absolute Gasteiger partial charge is 0.465 e. The number of carbonyl (C=O) groups excluding carboxylic acids is 2. The second-order valence-electron chi connectivity index (χ2n) is 7.04. The molecule has 1 amide bonds. The van der Waals surface area contributed by atoms with E-state index in [1.165, 1.54) is 18.9 Å². The van der Waals surface area contributed by atoms with Gasteiger partial charge in [-0.15, -0.1) is 0 Å². The van der Waals surface area contributed by atoms with Crippen molar-refractivity contribution in [2.45, 2.75) is 13.8 Å². The maximum absolute atomic E-state index is 12.3. The van der Waals surface area contributed by atoms with E-state index >= 15 is 0 Å². The zero-order valence-corrected chi connectivity index (χ0v) is 18.1. The molecule has 0 unspecified atom stereocenters. The van der Waals surface area contributed by atoms with Gasteiger partial charge in [0.15, 0.2) is 5.17 Å². The zero-order chi connectivity index (χ0) is 22.0. The Balaban J connectivity index is 1.54. The van der Waals surface area contributed by atoms with Crippen LogP contribution in [0.1, 0.15) is 27.2 Å². The standard InChI is InChI=1S/C24H20N2O4S/c1-14-4-7-17(8-5-14)25-24-26-22(27)21(31-24)13-18-9-11-20(30-18)19-10-6-16(12-15(19)2)23(28)29-3/h4-13H,1-3H3,(H,25,26,27)/b21-13+. The molecule has 1 aliphatic heterocycles. The Morgan fingerprint density at radius 1 is 1.10 bits per heavy atom. The van der Waals surface area contributed by atoms with E-state index in [0.29, 0.717) is 27.2 Å². The Labute approximate surface area is 184 Å². The number of hydrogen-bond acceptors (Lipinski definition) is 6. The van der Waals surface area contributed by atoms with Gasteiger partial charge in [-0.25, -0.2) is 9.79 Å². The van der Waals surface area contributed by atoms with E-state index in [1.54, 1.807) is 24.3 Å². The maximum Gasteiger partial charge on any atom is 0.337 e. The summed E-state index contributed by atoms with van der Waals surface area (Å²) in [7, 11) is 1.35. The Hall–Kier alpha value is -3.58. The first-order valence-electron chi connectivity index (χ1n) is 9.58. The minimum atomic E-state index is -0.383. The van der Waals surface area contributed by atoms with Crippen LogP contribution in [0.2, 0.25) is 0 Å². The van der Waals surface area contributed by atoms with Crippen LogP contribution in [0.4, 0.5) is 5.69 Å². The van der Waals surface area contributed by atoms with Crippen molar-refractivity contribution in [3.05, 3.63) is 82.0 Å². The molecule has 1 aromatic heterocycles. The van der Waals surface area contributed by atoms with Crippen LogP contribution in [0.25, 0.3) is 17.4 Å². The molecule has 1 aliphatic rings. The summed E-state index contributed by atoms with van der Waals surface area (Å²) in [6.07, 6.45) is 1.69. The second-order valence-corrected chi connectivity index (χ2v) is 8.07. The van der Waals surface area contributed by atoms with Gasteiger partial charge in [0.1, 0.15) is 11.5 Å². The number of esters is 1. The molecule has 1 saturated heterocycles. The van der Waals surface area contributed by atoms with Gasteiger partial charge in [-0.3, -0.25) is 4.79 Å². The van der Waals surface area contributed by atoms with Crippen LogP contribution in [0.15, 0.2) is 68.9 Å². The molecule has 1 N–H and O–H groups in total. The number of nitrogens with one attached hydrogen (secondary N) is 1. The van der Waals surface area contributed by atoms with E-state index in [4.69, 9.17) is 9.15 Å². The fraction of sp³-hybridized carbons (Fsp3) is 0.125. The second kappa shape index (κ2) is 8.65. The summed E-state index contributed by atoms with van der Waals surface area (Å²) in [5, 5.41) is 3.31. The van der Waals surface area contributed by atoms with E-state index in [9.17, 15) is 9.59 Å². The predicted octanol–water partition coefficient (Wildman–Crippen LogP) is 5.24. The molecule has 6 nitrogen and oxygen atoms in total. The van der Waals surface area contributed by atoms with Gasteiger partial charge in [0.25, 0.3) is 5.91 Å². The summed E-state index contributed by atoms with van der Waals surface area (Å²) < 4.78 is 10.7. The number of aliphatic imine (C=N–C) groups is 1. The number of nitrogens with zero attached hydrogens (tertiary/aromatic N) is 1. The van der Waals surface area contributed by atoms with Gasteiger partial charge in [0.05, 0.1) is 23.3 Å².